The Hall–Kier alpha value is -1.25. The maximum Gasteiger partial charge on any atom is 0.0426 e. The minimum atomic E-state index is 0.519. The molecular formula is C17H19NS. The summed E-state index contributed by atoms with van der Waals surface area (Å²) in [6, 6.07) is 17.9. The molecule has 0 bridgehead atoms. The lowest BCUT2D eigenvalue weighted by molar-refractivity contribution is 0.585. The normalized spacial score (nSPS) is 17.4. The van der Waals surface area contributed by atoms with Crippen LogP contribution in [0.4, 0.5) is 0 Å². The van der Waals surface area contributed by atoms with Gasteiger partial charge in [-0.3, -0.25) is 0 Å². The number of benzene rings is 2. The first kappa shape index (κ1) is 12.8. The van der Waals surface area contributed by atoms with E-state index in [2.05, 4.69) is 60.8 Å². The second kappa shape index (κ2) is 5.81. The highest BCUT2D eigenvalue weighted by Gasteiger charge is 2.21. The van der Waals surface area contributed by atoms with Gasteiger partial charge in [0.1, 0.15) is 0 Å². The molecule has 0 radical (unpaired) electrons. The molecule has 1 atom stereocenters. The highest BCUT2D eigenvalue weighted by atomic mass is 32.2. The van der Waals surface area contributed by atoms with E-state index in [1.807, 2.05) is 11.8 Å². The summed E-state index contributed by atoms with van der Waals surface area (Å²) >= 11 is 1.96. The maximum atomic E-state index is 3.69. The Morgan fingerprint density at radius 3 is 2.79 bits per heavy atom. The second-order valence-corrected chi connectivity index (χ2v) is 6.09. The van der Waals surface area contributed by atoms with Crippen LogP contribution in [0.1, 0.15) is 22.7 Å². The first-order chi connectivity index (χ1) is 9.34. The van der Waals surface area contributed by atoms with Crippen molar-refractivity contribution in [2.75, 3.05) is 12.3 Å². The molecule has 2 aromatic rings. The predicted octanol–water partition coefficient (Wildman–Crippen LogP) is 3.97. The minimum absolute atomic E-state index is 0.519. The van der Waals surface area contributed by atoms with Crippen LogP contribution >= 0.6 is 11.8 Å². The number of hydrogen-bond acceptors (Lipinski definition) is 2. The molecule has 2 heteroatoms. The fraction of sp³-hybridized carbons (Fsp3) is 0.294. The molecule has 0 aliphatic carbocycles. The second-order valence-electron chi connectivity index (χ2n) is 5.03. The van der Waals surface area contributed by atoms with Crippen molar-refractivity contribution >= 4 is 11.8 Å². The summed E-state index contributed by atoms with van der Waals surface area (Å²) in [5.41, 5.74) is 4.32. The van der Waals surface area contributed by atoms with Gasteiger partial charge in [0.05, 0.1) is 0 Å². The van der Waals surface area contributed by atoms with Crippen molar-refractivity contribution in [2.24, 2.45) is 0 Å². The topological polar surface area (TPSA) is 12.0 Å². The molecule has 1 aliphatic rings. The SMILES string of the molecule is Cc1ccccc1CCNC1CSc2ccccc21. The Labute approximate surface area is 119 Å². The molecular weight excluding hydrogens is 250 g/mol. The molecule has 1 N–H and O–H groups in total. The van der Waals surface area contributed by atoms with Crippen molar-refractivity contribution in [1.29, 1.82) is 0 Å². The Morgan fingerprint density at radius 1 is 1.11 bits per heavy atom. The Kier molecular flexibility index (Phi) is 3.90. The average Bonchev–Trinajstić information content (AvgIpc) is 2.85. The molecule has 1 unspecified atom stereocenters. The third kappa shape index (κ3) is 2.85. The molecule has 1 nitrogen and oxygen atoms in total. The summed E-state index contributed by atoms with van der Waals surface area (Å²) < 4.78 is 0. The van der Waals surface area contributed by atoms with Gasteiger partial charge >= 0.3 is 0 Å². The Bertz CT molecular complexity index is 565. The molecule has 2 aromatic carbocycles. The van der Waals surface area contributed by atoms with Crippen molar-refractivity contribution < 1.29 is 0 Å². The lowest BCUT2D eigenvalue weighted by Gasteiger charge is -2.13. The van der Waals surface area contributed by atoms with Crippen LogP contribution in [-0.4, -0.2) is 12.3 Å². The van der Waals surface area contributed by atoms with Crippen molar-refractivity contribution in [1.82, 2.24) is 5.32 Å². The fourth-order valence-corrected chi connectivity index (χ4v) is 3.80. The summed E-state index contributed by atoms with van der Waals surface area (Å²) in [5, 5.41) is 3.69. The zero-order valence-corrected chi connectivity index (χ0v) is 12.0. The van der Waals surface area contributed by atoms with Crippen LogP contribution in [0.5, 0.6) is 0 Å². The van der Waals surface area contributed by atoms with E-state index in [4.69, 9.17) is 0 Å². The third-order valence-electron chi connectivity index (χ3n) is 3.75. The zero-order valence-electron chi connectivity index (χ0n) is 11.2. The Balaban J connectivity index is 1.58. The number of thioether (sulfide) groups is 1. The first-order valence-electron chi connectivity index (χ1n) is 6.84. The maximum absolute atomic E-state index is 3.69. The molecule has 0 saturated carbocycles. The molecule has 1 aliphatic heterocycles. The van der Waals surface area contributed by atoms with Gasteiger partial charge < -0.3 is 5.32 Å². The van der Waals surface area contributed by atoms with Crippen LogP contribution in [0.15, 0.2) is 53.4 Å². The number of hydrogen-bond donors (Lipinski definition) is 1. The molecule has 0 fully saturated rings. The quantitative estimate of drug-likeness (QED) is 0.901. The highest BCUT2D eigenvalue weighted by molar-refractivity contribution is 7.99. The third-order valence-corrected chi connectivity index (χ3v) is 4.93. The summed E-state index contributed by atoms with van der Waals surface area (Å²) in [6.45, 7) is 3.24. The van der Waals surface area contributed by atoms with Crippen LogP contribution in [0.25, 0.3) is 0 Å². The molecule has 0 saturated heterocycles. The summed E-state index contributed by atoms with van der Waals surface area (Å²) in [5.74, 6) is 1.16. The molecule has 19 heavy (non-hydrogen) atoms. The Morgan fingerprint density at radius 2 is 1.89 bits per heavy atom. The van der Waals surface area contributed by atoms with Gasteiger partial charge in [-0.1, -0.05) is 42.5 Å². The van der Waals surface area contributed by atoms with E-state index in [0.717, 1.165) is 18.7 Å². The van der Waals surface area contributed by atoms with Gasteiger partial charge in [-0.15, -0.1) is 11.8 Å². The van der Waals surface area contributed by atoms with E-state index >= 15 is 0 Å². The van der Waals surface area contributed by atoms with Gasteiger partial charge in [0.15, 0.2) is 0 Å². The minimum Gasteiger partial charge on any atom is -0.309 e. The lowest BCUT2D eigenvalue weighted by Crippen LogP contribution is -2.23. The largest absolute Gasteiger partial charge is 0.309 e. The number of aryl methyl sites for hydroxylation is 1. The van der Waals surface area contributed by atoms with Crippen LogP contribution < -0.4 is 5.32 Å². The van der Waals surface area contributed by atoms with E-state index in [1.165, 1.54) is 21.6 Å². The molecule has 0 amide bonds. The molecule has 3 rings (SSSR count). The van der Waals surface area contributed by atoms with Crippen LogP contribution in [-0.2, 0) is 6.42 Å². The molecule has 0 spiro atoms. The molecule has 0 aromatic heterocycles. The number of rotatable bonds is 4. The summed E-state index contributed by atoms with van der Waals surface area (Å²) in [4.78, 5) is 1.44. The predicted molar refractivity (Wildman–Crippen MR) is 82.8 cm³/mol. The van der Waals surface area contributed by atoms with E-state index < -0.39 is 0 Å². The van der Waals surface area contributed by atoms with Gasteiger partial charge in [-0.2, -0.15) is 0 Å². The van der Waals surface area contributed by atoms with Crippen molar-refractivity contribution in [3.05, 3.63) is 65.2 Å². The van der Waals surface area contributed by atoms with Crippen molar-refractivity contribution in [3.63, 3.8) is 0 Å². The van der Waals surface area contributed by atoms with Crippen LogP contribution in [0.3, 0.4) is 0 Å². The van der Waals surface area contributed by atoms with Crippen molar-refractivity contribution in [2.45, 2.75) is 24.3 Å². The lowest BCUT2D eigenvalue weighted by atomic mass is 10.1. The van der Waals surface area contributed by atoms with Gasteiger partial charge in [0, 0.05) is 16.7 Å². The fourth-order valence-electron chi connectivity index (χ4n) is 2.60. The standard InChI is InChI=1S/C17H19NS/c1-13-6-2-3-7-14(13)10-11-18-16-12-19-17-9-5-4-8-15(16)17/h2-9,16,18H,10-12H2,1H3. The van der Waals surface area contributed by atoms with Gasteiger partial charge in [0.25, 0.3) is 0 Å². The van der Waals surface area contributed by atoms with Crippen LogP contribution in [0.2, 0.25) is 0 Å². The summed E-state index contributed by atoms with van der Waals surface area (Å²) in [7, 11) is 0. The van der Waals surface area contributed by atoms with Gasteiger partial charge in [0.2, 0.25) is 0 Å². The number of fused-ring (bicyclic) bond motifs is 1. The molecule has 1 heterocycles. The smallest absolute Gasteiger partial charge is 0.0426 e. The van der Waals surface area contributed by atoms with E-state index in [-0.39, 0.29) is 0 Å². The average molecular weight is 269 g/mol. The van der Waals surface area contributed by atoms with Gasteiger partial charge in [-0.25, -0.2) is 0 Å². The molecule has 98 valence electrons. The number of nitrogens with one attached hydrogen (secondary N) is 1. The van der Waals surface area contributed by atoms with Crippen LogP contribution in [0, 0.1) is 6.92 Å². The summed E-state index contributed by atoms with van der Waals surface area (Å²) in [6.07, 6.45) is 1.11. The monoisotopic (exact) mass is 269 g/mol. The van der Waals surface area contributed by atoms with E-state index in [1.54, 1.807) is 0 Å². The van der Waals surface area contributed by atoms with Gasteiger partial charge in [-0.05, 0) is 42.6 Å². The van der Waals surface area contributed by atoms with Crippen molar-refractivity contribution in [3.8, 4) is 0 Å². The van der Waals surface area contributed by atoms with E-state index in [0.29, 0.717) is 6.04 Å². The highest BCUT2D eigenvalue weighted by Crippen LogP contribution is 2.37. The first-order valence-corrected chi connectivity index (χ1v) is 7.83. The zero-order chi connectivity index (χ0) is 13.1. The van der Waals surface area contributed by atoms with E-state index in [9.17, 15) is 0 Å².